The van der Waals surface area contributed by atoms with E-state index in [1.54, 1.807) is 16.8 Å². The lowest BCUT2D eigenvalue weighted by Gasteiger charge is -2.32. The first-order valence-corrected chi connectivity index (χ1v) is 7.78. The molecule has 1 N–H and O–H groups in total. The predicted molar refractivity (Wildman–Crippen MR) is 84.1 cm³/mol. The molecule has 1 aromatic heterocycles. The second-order valence-corrected chi connectivity index (χ2v) is 6.23. The molecule has 0 bridgehead atoms. The maximum absolute atomic E-state index is 12.5. The summed E-state index contributed by atoms with van der Waals surface area (Å²) in [7, 11) is 0. The summed E-state index contributed by atoms with van der Waals surface area (Å²) < 4.78 is 1.71. The van der Waals surface area contributed by atoms with Crippen LogP contribution in [0, 0.1) is 0 Å². The summed E-state index contributed by atoms with van der Waals surface area (Å²) in [6, 6.07) is 4.95. The van der Waals surface area contributed by atoms with Crippen molar-refractivity contribution in [3.8, 4) is 0 Å². The Hall–Kier alpha value is -1.85. The highest BCUT2D eigenvalue weighted by atomic mass is 35.5. The van der Waals surface area contributed by atoms with E-state index in [0.29, 0.717) is 22.4 Å². The number of allylic oxidation sites excluding steroid dienone is 2. The maximum atomic E-state index is 12.5. The number of nitrogens with zero attached hydrogens (tertiary/aromatic N) is 3. The van der Waals surface area contributed by atoms with Crippen LogP contribution in [0.15, 0.2) is 35.8 Å². The van der Waals surface area contributed by atoms with Crippen molar-refractivity contribution in [1.29, 1.82) is 0 Å². The smallest absolute Gasteiger partial charge is 0.226 e. The maximum Gasteiger partial charge on any atom is 0.226 e. The highest BCUT2D eigenvalue weighted by molar-refractivity contribution is 6.35. The fraction of sp³-hybridized carbons (Fsp3) is 0.267. The highest BCUT2D eigenvalue weighted by Crippen LogP contribution is 2.41. The lowest BCUT2D eigenvalue weighted by Crippen LogP contribution is -2.31. The summed E-state index contributed by atoms with van der Waals surface area (Å²) in [5.74, 6) is 0.760. The molecule has 1 atom stereocenters. The number of hydrogen-bond donors (Lipinski definition) is 1. The van der Waals surface area contributed by atoms with Gasteiger partial charge in [0, 0.05) is 33.3 Å². The molecule has 0 saturated heterocycles. The second kappa shape index (κ2) is 5.11. The normalized spacial score (nSPS) is 20.5. The monoisotopic (exact) mass is 334 g/mol. The molecule has 4 rings (SSSR count). The number of nitrogens with one attached hydrogen (secondary N) is 1. The van der Waals surface area contributed by atoms with Crippen molar-refractivity contribution in [3.63, 3.8) is 0 Å². The number of benzene rings is 1. The average Bonchev–Trinajstić information content (AvgIpc) is 2.94. The zero-order valence-electron chi connectivity index (χ0n) is 11.5. The highest BCUT2D eigenvalue weighted by Gasteiger charge is 2.36. The van der Waals surface area contributed by atoms with E-state index >= 15 is 0 Å². The van der Waals surface area contributed by atoms with Crippen LogP contribution in [0.5, 0.6) is 0 Å². The largest absolute Gasteiger partial charge is 0.328 e. The molecule has 1 aliphatic carbocycles. The van der Waals surface area contributed by atoms with Crippen LogP contribution >= 0.6 is 23.2 Å². The summed E-state index contributed by atoms with van der Waals surface area (Å²) in [6.45, 7) is 0. The van der Waals surface area contributed by atoms with Crippen LogP contribution < -0.4 is 5.32 Å². The van der Waals surface area contributed by atoms with Crippen molar-refractivity contribution < 1.29 is 4.79 Å². The van der Waals surface area contributed by atoms with Crippen molar-refractivity contribution in [2.24, 2.45) is 0 Å². The number of fused-ring (bicyclic) bond motifs is 1. The van der Waals surface area contributed by atoms with E-state index < -0.39 is 0 Å². The van der Waals surface area contributed by atoms with Gasteiger partial charge in [0.25, 0.3) is 0 Å². The van der Waals surface area contributed by atoms with Crippen LogP contribution in [0.2, 0.25) is 10.0 Å². The van der Waals surface area contributed by atoms with E-state index in [4.69, 9.17) is 23.2 Å². The Kier molecular flexibility index (Phi) is 3.20. The van der Waals surface area contributed by atoms with Crippen molar-refractivity contribution in [2.75, 3.05) is 5.32 Å². The minimum absolute atomic E-state index is 0.130. The molecule has 22 heavy (non-hydrogen) atoms. The van der Waals surface area contributed by atoms with Gasteiger partial charge in [0.05, 0.1) is 0 Å². The SMILES string of the molecule is O=C1CCCC2=C1[C@H](c1ccc(Cl)cc1Cl)n1ncnc1N2. The van der Waals surface area contributed by atoms with Gasteiger partial charge in [0.15, 0.2) is 5.78 Å². The Morgan fingerprint density at radius 2 is 2.14 bits per heavy atom. The molecule has 7 heteroatoms. The molecular formula is C15H12Cl2N4O. The molecular weight excluding hydrogens is 323 g/mol. The fourth-order valence-corrected chi connectivity index (χ4v) is 3.62. The third kappa shape index (κ3) is 2.04. The quantitative estimate of drug-likeness (QED) is 0.865. The van der Waals surface area contributed by atoms with Gasteiger partial charge < -0.3 is 5.32 Å². The summed E-state index contributed by atoms with van der Waals surface area (Å²) in [4.78, 5) is 16.7. The molecule has 1 aromatic carbocycles. The van der Waals surface area contributed by atoms with Gasteiger partial charge in [-0.25, -0.2) is 4.68 Å². The minimum Gasteiger partial charge on any atom is -0.328 e. The zero-order chi connectivity index (χ0) is 15.3. The summed E-state index contributed by atoms with van der Waals surface area (Å²) in [5, 5.41) is 8.57. The van der Waals surface area contributed by atoms with E-state index in [1.165, 1.54) is 6.33 Å². The van der Waals surface area contributed by atoms with E-state index in [-0.39, 0.29) is 11.8 Å². The molecule has 2 aliphatic rings. The number of Topliss-reactive ketones (excluding diaryl/α,β-unsaturated/α-hetero) is 1. The molecule has 2 aromatic rings. The third-order valence-corrected chi connectivity index (χ3v) is 4.63. The third-order valence-electron chi connectivity index (χ3n) is 4.07. The van der Waals surface area contributed by atoms with E-state index in [1.807, 2.05) is 6.07 Å². The van der Waals surface area contributed by atoms with Crippen LogP contribution in [0.3, 0.4) is 0 Å². The Morgan fingerprint density at radius 3 is 2.95 bits per heavy atom. The fourth-order valence-electron chi connectivity index (χ4n) is 3.11. The van der Waals surface area contributed by atoms with E-state index in [9.17, 15) is 4.79 Å². The number of carbonyl (C=O) groups is 1. The molecule has 0 unspecified atom stereocenters. The van der Waals surface area contributed by atoms with Crippen molar-refractivity contribution >= 4 is 34.9 Å². The summed E-state index contributed by atoms with van der Waals surface area (Å²) in [5.41, 5.74) is 2.46. The molecule has 0 fully saturated rings. The molecule has 112 valence electrons. The molecule has 0 saturated carbocycles. The molecule has 0 spiro atoms. The van der Waals surface area contributed by atoms with Gasteiger partial charge in [-0.2, -0.15) is 10.1 Å². The van der Waals surface area contributed by atoms with Crippen LogP contribution in [0.4, 0.5) is 5.95 Å². The molecule has 1 aliphatic heterocycles. The Morgan fingerprint density at radius 1 is 1.27 bits per heavy atom. The van der Waals surface area contributed by atoms with Gasteiger partial charge in [0.2, 0.25) is 5.95 Å². The Labute approximate surface area is 136 Å². The van der Waals surface area contributed by atoms with Gasteiger partial charge in [-0.1, -0.05) is 29.3 Å². The van der Waals surface area contributed by atoms with Gasteiger partial charge in [-0.15, -0.1) is 0 Å². The average molecular weight is 335 g/mol. The van der Waals surface area contributed by atoms with Crippen LogP contribution in [-0.2, 0) is 4.79 Å². The molecule has 0 radical (unpaired) electrons. The number of carbonyl (C=O) groups excluding carboxylic acids is 1. The number of anilines is 1. The number of halogens is 2. The molecule has 0 amide bonds. The summed E-state index contributed by atoms with van der Waals surface area (Å²) >= 11 is 12.4. The van der Waals surface area contributed by atoms with Crippen molar-refractivity contribution in [2.45, 2.75) is 25.3 Å². The topological polar surface area (TPSA) is 59.8 Å². The Balaban J connectivity index is 1.95. The lowest BCUT2D eigenvalue weighted by atomic mass is 9.85. The standard InChI is InChI=1S/C15H12Cl2N4O/c16-8-4-5-9(10(17)6-8)14-13-11(2-1-3-12(13)22)20-15-18-7-19-21(14)15/h4-7,14H,1-3H2,(H,18,19,20)/t14-/m0/s1. The van der Waals surface area contributed by atoms with Crippen LogP contribution in [0.1, 0.15) is 30.9 Å². The van der Waals surface area contributed by atoms with Crippen LogP contribution in [-0.4, -0.2) is 20.5 Å². The summed E-state index contributed by atoms with van der Waals surface area (Å²) in [6.07, 6.45) is 3.70. The van der Waals surface area contributed by atoms with Gasteiger partial charge >= 0.3 is 0 Å². The van der Waals surface area contributed by atoms with Crippen molar-refractivity contribution in [3.05, 3.63) is 51.4 Å². The predicted octanol–water partition coefficient (Wildman–Crippen LogP) is 3.61. The van der Waals surface area contributed by atoms with Gasteiger partial charge in [-0.3, -0.25) is 4.79 Å². The zero-order valence-corrected chi connectivity index (χ0v) is 13.0. The van der Waals surface area contributed by atoms with E-state index in [0.717, 1.165) is 29.7 Å². The molecule has 5 nitrogen and oxygen atoms in total. The molecule has 2 heterocycles. The number of rotatable bonds is 1. The number of aromatic nitrogens is 3. The first-order valence-electron chi connectivity index (χ1n) is 7.03. The number of ketones is 1. The van der Waals surface area contributed by atoms with Crippen LogP contribution in [0.25, 0.3) is 0 Å². The van der Waals surface area contributed by atoms with Gasteiger partial charge in [0.1, 0.15) is 12.4 Å². The minimum atomic E-state index is -0.355. The van der Waals surface area contributed by atoms with Crippen molar-refractivity contribution in [1.82, 2.24) is 14.8 Å². The number of hydrogen-bond acceptors (Lipinski definition) is 4. The van der Waals surface area contributed by atoms with Gasteiger partial charge in [-0.05, 0) is 25.0 Å². The first-order chi connectivity index (χ1) is 10.6. The second-order valence-electron chi connectivity index (χ2n) is 5.39. The Bertz CT molecular complexity index is 812. The van der Waals surface area contributed by atoms with E-state index in [2.05, 4.69) is 15.4 Å². The first kappa shape index (κ1) is 13.8. The lowest BCUT2D eigenvalue weighted by molar-refractivity contribution is -0.116.